The van der Waals surface area contributed by atoms with E-state index in [9.17, 15) is 9.59 Å². The molecule has 2 rings (SSSR count). The summed E-state index contributed by atoms with van der Waals surface area (Å²) in [5.41, 5.74) is 1.78. The summed E-state index contributed by atoms with van der Waals surface area (Å²) in [6.07, 6.45) is 2.68. The number of esters is 1. The highest BCUT2D eigenvalue weighted by Gasteiger charge is 2.07. The average Bonchev–Trinajstić information content (AvgIpc) is 2.88. The van der Waals surface area contributed by atoms with Crippen molar-refractivity contribution in [2.45, 2.75) is 33.2 Å². The fraction of sp³-hybridized carbons (Fsp3) is 0.400. The molecule has 21 heavy (non-hydrogen) atoms. The van der Waals surface area contributed by atoms with E-state index in [0.29, 0.717) is 26.0 Å². The molecule has 0 fully saturated rings. The Morgan fingerprint density at radius 3 is 3.00 bits per heavy atom. The van der Waals surface area contributed by atoms with E-state index in [1.807, 2.05) is 18.4 Å². The van der Waals surface area contributed by atoms with E-state index >= 15 is 0 Å². The van der Waals surface area contributed by atoms with Crippen LogP contribution in [0.15, 0.2) is 28.5 Å². The second kappa shape index (κ2) is 7.17. The minimum absolute atomic E-state index is 0.0294. The summed E-state index contributed by atoms with van der Waals surface area (Å²) in [4.78, 5) is 27.6. The van der Waals surface area contributed by atoms with Crippen molar-refractivity contribution in [2.75, 3.05) is 6.61 Å². The van der Waals surface area contributed by atoms with Crippen molar-refractivity contribution in [3.8, 4) is 0 Å². The van der Waals surface area contributed by atoms with Gasteiger partial charge >= 0.3 is 5.97 Å². The number of carbonyl (C=O) groups excluding carboxylic acids is 1. The van der Waals surface area contributed by atoms with Gasteiger partial charge in [-0.15, -0.1) is 11.3 Å². The number of ether oxygens (including phenoxy) is 1. The molecular formula is C15H18N2O3S. The van der Waals surface area contributed by atoms with Crippen molar-refractivity contribution in [3.05, 3.63) is 50.3 Å². The molecule has 0 unspecified atom stereocenters. The quantitative estimate of drug-likeness (QED) is 0.767. The van der Waals surface area contributed by atoms with Crippen molar-refractivity contribution >= 4 is 17.3 Å². The molecule has 5 nitrogen and oxygen atoms in total. The lowest BCUT2D eigenvalue weighted by Gasteiger charge is -2.03. The number of hydrogen-bond acceptors (Lipinski definition) is 5. The second-order valence-electron chi connectivity index (χ2n) is 4.71. The Labute approximate surface area is 127 Å². The van der Waals surface area contributed by atoms with E-state index in [4.69, 9.17) is 4.74 Å². The zero-order chi connectivity index (χ0) is 15.2. The summed E-state index contributed by atoms with van der Waals surface area (Å²) in [7, 11) is 0. The van der Waals surface area contributed by atoms with Crippen LogP contribution in [0.4, 0.5) is 0 Å². The first kappa shape index (κ1) is 15.4. The van der Waals surface area contributed by atoms with Crippen LogP contribution < -0.4 is 5.56 Å². The zero-order valence-electron chi connectivity index (χ0n) is 12.2. The normalized spacial score (nSPS) is 10.6. The van der Waals surface area contributed by atoms with E-state index < -0.39 is 0 Å². The van der Waals surface area contributed by atoms with E-state index in [0.717, 1.165) is 16.3 Å². The number of carbonyl (C=O) groups is 1. The Morgan fingerprint density at radius 1 is 1.48 bits per heavy atom. The van der Waals surface area contributed by atoms with E-state index in [-0.39, 0.29) is 11.5 Å². The molecule has 0 amide bonds. The van der Waals surface area contributed by atoms with Crippen LogP contribution in [-0.4, -0.2) is 22.1 Å². The number of pyridine rings is 1. The zero-order valence-corrected chi connectivity index (χ0v) is 13.0. The van der Waals surface area contributed by atoms with Gasteiger partial charge in [0.05, 0.1) is 25.3 Å². The molecule has 0 bridgehead atoms. The Kier molecular flexibility index (Phi) is 5.27. The molecule has 112 valence electrons. The van der Waals surface area contributed by atoms with Gasteiger partial charge in [-0.25, -0.2) is 4.98 Å². The first-order valence-electron chi connectivity index (χ1n) is 6.84. The van der Waals surface area contributed by atoms with Gasteiger partial charge in [0.15, 0.2) is 0 Å². The Morgan fingerprint density at radius 2 is 2.29 bits per heavy atom. The van der Waals surface area contributed by atoms with Gasteiger partial charge in [0, 0.05) is 24.1 Å². The summed E-state index contributed by atoms with van der Waals surface area (Å²) >= 11 is 1.50. The summed E-state index contributed by atoms with van der Waals surface area (Å²) in [6.45, 7) is 4.54. The minimum Gasteiger partial charge on any atom is -0.466 e. The largest absolute Gasteiger partial charge is 0.466 e. The fourth-order valence-electron chi connectivity index (χ4n) is 1.88. The number of nitrogens with zero attached hydrogens (tertiary/aromatic N) is 2. The summed E-state index contributed by atoms with van der Waals surface area (Å²) in [6, 6.07) is 3.51. The topological polar surface area (TPSA) is 61.2 Å². The van der Waals surface area contributed by atoms with Gasteiger partial charge in [-0.2, -0.15) is 0 Å². The third-order valence-electron chi connectivity index (χ3n) is 2.95. The number of hydrogen-bond donors (Lipinski definition) is 0. The molecule has 0 aliphatic heterocycles. The van der Waals surface area contributed by atoms with Crippen LogP contribution in [0.1, 0.15) is 29.6 Å². The highest BCUT2D eigenvalue weighted by molar-refractivity contribution is 7.09. The lowest BCUT2D eigenvalue weighted by molar-refractivity contribution is -0.143. The van der Waals surface area contributed by atoms with Crippen LogP contribution in [0, 0.1) is 6.92 Å². The fourth-order valence-corrected chi connectivity index (χ4v) is 2.71. The van der Waals surface area contributed by atoms with E-state index in [1.54, 1.807) is 23.8 Å². The van der Waals surface area contributed by atoms with Crippen LogP contribution in [0.5, 0.6) is 0 Å². The van der Waals surface area contributed by atoms with E-state index in [1.165, 1.54) is 11.3 Å². The van der Waals surface area contributed by atoms with Crippen molar-refractivity contribution in [1.29, 1.82) is 0 Å². The molecule has 0 N–H and O–H groups in total. The number of thiazole rings is 1. The number of aryl methyl sites for hydroxylation is 2. The van der Waals surface area contributed by atoms with Crippen molar-refractivity contribution < 1.29 is 9.53 Å². The maximum absolute atomic E-state index is 11.8. The van der Waals surface area contributed by atoms with Gasteiger partial charge < -0.3 is 9.30 Å². The van der Waals surface area contributed by atoms with Crippen molar-refractivity contribution in [2.24, 2.45) is 0 Å². The molecule has 0 saturated heterocycles. The minimum atomic E-state index is -0.207. The van der Waals surface area contributed by atoms with Crippen LogP contribution in [-0.2, 0) is 22.5 Å². The first-order chi connectivity index (χ1) is 10.1. The second-order valence-corrected chi connectivity index (χ2v) is 5.65. The maximum atomic E-state index is 11.8. The van der Waals surface area contributed by atoms with Crippen LogP contribution in [0.3, 0.4) is 0 Å². The molecule has 0 radical (unpaired) electrons. The average molecular weight is 306 g/mol. The molecule has 0 aliphatic rings. The lowest BCUT2D eigenvalue weighted by Crippen LogP contribution is -2.19. The van der Waals surface area contributed by atoms with Crippen LogP contribution >= 0.6 is 11.3 Å². The van der Waals surface area contributed by atoms with Crippen LogP contribution in [0.2, 0.25) is 0 Å². The van der Waals surface area contributed by atoms with Crippen molar-refractivity contribution in [1.82, 2.24) is 9.55 Å². The Hall–Kier alpha value is -1.95. The molecule has 2 aromatic rings. The predicted molar refractivity (Wildman–Crippen MR) is 81.6 cm³/mol. The molecule has 0 aromatic carbocycles. The molecule has 6 heteroatoms. The molecule has 2 heterocycles. The number of rotatable bonds is 6. The third-order valence-corrected chi connectivity index (χ3v) is 3.83. The summed E-state index contributed by atoms with van der Waals surface area (Å²) in [5, 5.41) is 2.79. The lowest BCUT2D eigenvalue weighted by atomic mass is 10.2. The predicted octanol–water partition coefficient (Wildman–Crippen LogP) is 2.16. The molecular weight excluding hydrogens is 288 g/mol. The molecule has 0 spiro atoms. The Bertz CT molecular complexity index is 676. The number of aromatic nitrogens is 2. The van der Waals surface area contributed by atoms with Crippen molar-refractivity contribution in [3.63, 3.8) is 0 Å². The monoisotopic (exact) mass is 306 g/mol. The van der Waals surface area contributed by atoms with E-state index in [2.05, 4.69) is 4.98 Å². The summed E-state index contributed by atoms with van der Waals surface area (Å²) in [5.74, 6) is -0.207. The standard InChI is InChI=1S/C15H18N2O3S/c1-3-20-15(19)5-4-12-10-21-13(16-12)9-17-7-6-11(2)8-14(17)18/h6-8,10H,3-5,9H2,1-2H3. The highest BCUT2D eigenvalue weighted by Crippen LogP contribution is 2.12. The molecule has 0 saturated carbocycles. The SMILES string of the molecule is CCOC(=O)CCc1csc(Cn2ccc(C)cc2=O)n1. The molecule has 2 aromatic heterocycles. The highest BCUT2D eigenvalue weighted by atomic mass is 32.1. The van der Waals surface area contributed by atoms with Gasteiger partial charge in [-0.05, 0) is 25.5 Å². The Balaban J connectivity index is 1.97. The molecule has 0 aliphatic carbocycles. The maximum Gasteiger partial charge on any atom is 0.306 e. The third kappa shape index (κ3) is 4.53. The summed E-state index contributed by atoms with van der Waals surface area (Å²) < 4.78 is 6.51. The smallest absolute Gasteiger partial charge is 0.306 e. The van der Waals surface area contributed by atoms with Crippen LogP contribution in [0.25, 0.3) is 0 Å². The van der Waals surface area contributed by atoms with Gasteiger partial charge in [-0.3, -0.25) is 9.59 Å². The van der Waals surface area contributed by atoms with Gasteiger partial charge in [-0.1, -0.05) is 0 Å². The van der Waals surface area contributed by atoms with Gasteiger partial charge in [0.1, 0.15) is 5.01 Å². The van der Waals surface area contributed by atoms with Gasteiger partial charge in [0.25, 0.3) is 5.56 Å². The molecule has 0 atom stereocenters. The first-order valence-corrected chi connectivity index (χ1v) is 7.72. The van der Waals surface area contributed by atoms with Gasteiger partial charge in [0.2, 0.25) is 0 Å².